The minimum Gasteiger partial charge on any atom is -0.278 e. The molecule has 9 heteroatoms. The largest absolute Gasteiger partial charge is 0.278 e. The second-order valence-electron chi connectivity index (χ2n) is 4.98. The number of hydrogen-bond acceptors (Lipinski definition) is 4. The number of fused-ring (bicyclic) bond motifs is 1. The van der Waals surface area contributed by atoms with Gasteiger partial charge in [-0.15, -0.1) is 0 Å². The van der Waals surface area contributed by atoms with Gasteiger partial charge in [0.05, 0.1) is 17.6 Å². The van der Waals surface area contributed by atoms with Gasteiger partial charge in [0.2, 0.25) is 0 Å². The molecule has 120 valence electrons. The Morgan fingerprint density at radius 2 is 2.04 bits per heavy atom. The molecule has 0 radical (unpaired) electrons. The van der Waals surface area contributed by atoms with E-state index >= 15 is 0 Å². The van der Waals surface area contributed by atoms with Crippen molar-refractivity contribution in [2.45, 2.75) is 11.8 Å². The minimum absolute atomic E-state index is 0.121. The average Bonchev–Trinajstić information content (AvgIpc) is 2.72. The van der Waals surface area contributed by atoms with Crippen LogP contribution in [0.3, 0.4) is 0 Å². The molecule has 1 aromatic carbocycles. The zero-order valence-electron chi connectivity index (χ0n) is 12.2. The molecule has 23 heavy (non-hydrogen) atoms. The third kappa shape index (κ3) is 2.87. The lowest BCUT2D eigenvalue weighted by atomic mass is 10.3. The molecule has 0 fully saturated rings. The molecule has 2 heterocycles. The molecular formula is C14H12ClFN4O2S. The van der Waals surface area contributed by atoms with E-state index in [4.69, 9.17) is 11.6 Å². The van der Waals surface area contributed by atoms with Crippen LogP contribution in [0.2, 0.25) is 5.02 Å². The maximum absolute atomic E-state index is 13.8. The fourth-order valence-corrected chi connectivity index (χ4v) is 3.52. The number of aryl methyl sites for hydroxylation is 2. The van der Waals surface area contributed by atoms with Crippen molar-refractivity contribution in [1.29, 1.82) is 0 Å². The highest BCUT2D eigenvalue weighted by Gasteiger charge is 2.20. The Bertz CT molecular complexity index is 1020. The van der Waals surface area contributed by atoms with Crippen molar-refractivity contribution < 1.29 is 12.8 Å². The predicted molar refractivity (Wildman–Crippen MR) is 85.5 cm³/mol. The van der Waals surface area contributed by atoms with Crippen LogP contribution in [0.25, 0.3) is 11.0 Å². The van der Waals surface area contributed by atoms with Gasteiger partial charge >= 0.3 is 0 Å². The number of aromatic nitrogens is 3. The van der Waals surface area contributed by atoms with Crippen molar-refractivity contribution in [2.24, 2.45) is 7.05 Å². The first-order chi connectivity index (χ1) is 10.8. The highest BCUT2D eigenvalue weighted by molar-refractivity contribution is 7.92. The van der Waals surface area contributed by atoms with E-state index < -0.39 is 20.7 Å². The summed E-state index contributed by atoms with van der Waals surface area (Å²) < 4.78 is 42.4. The van der Waals surface area contributed by atoms with Crippen LogP contribution in [0.4, 0.5) is 10.1 Å². The minimum atomic E-state index is -4.09. The predicted octanol–water partition coefficient (Wildman–Crippen LogP) is 2.87. The van der Waals surface area contributed by atoms with Gasteiger partial charge < -0.3 is 0 Å². The summed E-state index contributed by atoms with van der Waals surface area (Å²) in [6.45, 7) is 1.79. The summed E-state index contributed by atoms with van der Waals surface area (Å²) in [5.74, 6) is -0.920. The molecule has 3 aromatic rings. The first-order valence-electron chi connectivity index (χ1n) is 6.55. The smallest absolute Gasteiger partial charge is 0.264 e. The van der Waals surface area contributed by atoms with Crippen molar-refractivity contribution in [3.05, 3.63) is 47.0 Å². The maximum Gasteiger partial charge on any atom is 0.264 e. The summed E-state index contributed by atoms with van der Waals surface area (Å²) in [5, 5.41) is 5.05. The normalized spacial score (nSPS) is 11.8. The van der Waals surface area contributed by atoms with E-state index in [1.165, 1.54) is 12.3 Å². The topological polar surface area (TPSA) is 76.9 Å². The monoisotopic (exact) mass is 354 g/mol. The number of hydrogen-bond donors (Lipinski definition) is 1. The summed E-state index contributed by atoms with van der Waals surface area (Å²) in [6.07, 6.45) is 1.36. The van der Waals surface area contributed by atoms with Crippen LogP contribution >= 0.6 is 11.6 Å². The van der Waals surface area contributed by atoms with Gasteiger partial charge in [-0.05, 0) is 31.2 Å². The Hall–Kier alpha value is -2.19. The maximum atomic E-state index is 13.8. The van der Waals surface area contributed by atoms with Crippen molar-refractivity contribution >= 4 is 38.3 Å². The molecule has 3 rings (SSSR count). The number of nitrogens with zero attached hydrogens (tertiary/aromatic N) is 3. The van der Waals surface area contributed by atoms with E-state index in [2.05, 4.69) is 14.8 Å². The van der Waals surface area contributed by atoms with Crippen molar-refractivity contribution in [2.75, 3.05) is 4.72 Å². The van der Waals surface area contributed by atoms with Gasteiger partial charge in [0.15, 0.2) is 5.65 Å². The summed E-state index contributed by atoms with van der Waals surface area (Å²) in [5.41, 5.74) is 1.57. The first-order valence-corrected chi connectivity index (χ1v) is 8.41. The second-order valence-corrected chi connectivity index (χ2v) is 7.07. The van der Waals surface area contributed by atoms with Crippen LogP contribution < -0.4 is 4.72 Å². The van der Waals surface area contributed by atoms with Gasteiger partial charge in [-0.25, -0.2) is 17.8 Å². The van der Waals surface area contributed by atoms with Crippen LogP contribution in [0.15, 0.2) is 35.4 Å². The van der Waals surface area contributed by atoms with E-state index in [1.807, 2.05) is 0 Å². The SMILES string of the molecule is Cc1nn(C)c2ncc(NS(=O)(=O)c3ccc(Cl)cc3F)cc12. The Kier molecular flexibility index (Phi) is 3.73. The summed E-state index contributed by atoms with van der Waals surface area (Å²) in [7, 11) is -2.34. The van der Waals surface area contributed by atoms with Gasteiger partial charge in [-0.3, -0.25) is 9.40 Å². The lowest BCUT2D eigenvalue weighted by Gasteiger charge is -2.09. The third-order valence-corrected chi connectivity index (χ3v) is 4.95. The molecule has 0 aliphatic heterocycles. The molecule has 1 N–H and O–H groups in total. The Labute approximate surface area is 137 Å². The Balaban J connectivity index is 2.02. The number of nitrogens with one attached hydrogen (secondary N) is 1. The molecule has 0 aliphatic carbocycles. The number of rotatable bonds is 3. The quantitative estimate of drug-likeness (QED) is 0.784. The van der Waals surface area contributed by atoms with E-state index in [0.717, 1.165) is 12.1 Å². The van der Waals surface area contributed by atoms with Crippen molar-refractivity contribution in [3.63, 3.8) is 0 Å². The fourth-order valence-electron chi connectivity index (χ4n) is 2.27. The molecule has 0 unspecified atom stereocenters. The molecule has 6 nitrogen and oxygen atoms in total. The highest BCUT2D eigenvalue weighted by atomic mass is 35.5. The lowest BCUT2D eigenvalue weighted by Crippen LogP contribution is -2.14. The van der Waals surface area contributed by atoms with Crippen molar-refractivity contribution in [3.8, 4) is 0 Å². The third-order valence-electron chi connectivity index (χ3n) is 3.30. The Morgan fingerprint density at radius 1 is 1.30 bits per heavy atom. The second kappa shape index (κ2) is 5.47. The van der Waals surface area contributed by atoms with Gasteiger partial charge in [-0.2, -0.15) is 5.10 Å². The van der Waals surface area contributed by atoms with E-state index in [1.54, 1.807) is 24.7 Å². The molecule has 2 aromatic heterocycles. The Morgan fingerprint density at radius 3 is 2.74 bits per heavy atom. The standard InChI is InChI=1S/C14H12ClFN4O2S/c1-8-11-6-10(7-17-14(11)20(2)18-8)19-23(21,22)13-4-3-9(15)5-12(13)16/h3-7,19H,1-2H3. The van der Waals surface area contributed by atoms with Crippen LogP contribution in [-0.4, -0.2) is 23.2 Å². The van der Waals surface area contributed by atoms with Crippen LogP contribution in [-0.2, 0) is 17.1 Å². The zero-order chi connectivity index (χ0) is 16.8. The zero-order valence-corrected chi connectivity index (χ0v) is 13.8. The number of sulfonamides is 1. The summed E-state index contributed by atoms with van der Waals surface area (Å²) in [4.78, 5) is 3.69. The van der Waals surface area contributed by atoms with Gasteiger partial charge in [0.1, 0.15) is 10.7 Å². The molecule has 0 aliphatic rings. The molecule has 0 atom stereocenters. The molecular weight excluding hydrogens is 343 g/mol. The lowest BCUT2D eigenvalue weighted by molar-refractivity contribution is 0.570. The summed E-state index contributed by atoms with van der Waals surface area (Å²) >= 11 is 5.64. The molecule has 0 bridgehead atoms. The number of benzene rings is 1. The van der Waals surface area contributed by atoms with Crippen molar-refractivity contribution in [1.82, 2.24) is 14.8 Å². The number of pyridine rings is 1. The highest BCUT2D eigenvalue weighted by Crippen LogP contribution is 2.24. The van der Waals surface area contributed by atoms with Crippen LogP contribution in [0, 0.1) is 12.7 Å². The first kappa shape index (κ1) is 15.7. The van der Waals surface area contributed by atoms with Gasteiger partial charge in [0, 0.05) is 17.5 Å². The molecule has 0 amide bonds. The van der Waals surface area contributed by atoms with Crippen LogP contribution in [0.1, 0.15) is 5.69 Å². The van der Waals surface area contributed by atoms with Gasteiger partial charge in [0.25, 0.3) is 10.0 Å². The van der Waals surface area contributed by atoms with Crippen LogP contribution in [0.5, 0.6) is 0 Å². The molecule has 0 saturated heterocycles. The fraction of sp³-hybridized carbons (Fsp3) is 0.143. The number of anilines is 1. The number of halogens is 2. The summed E-state index contributed by atoms with van der Waals surface area (Å²) in [6, 6.07) is 4.98. The van der Waals surface area contributed by atoms with E-state index in [0.29, 0.717) is 16.7 Å². The molecule has 0 spiro atoms. The van der Waals surface area contributed by atoms with Gasteiger partial charge in [-0.1, -0.05) is 11.6 Å². The van der Waals surface area contributed by atoms with E-state index in [-0.39, 0.29) is 10.7 Å². The molecule has 0 saturated carbocycles. The van der Waals surface area contributed by atoms with E-state index in [9.17, 15) is 12.8 Å². The average molecular weight is 355 g/mol.